The summed E-state index contributed by atoms with van der Waals surface area (Å²) >= 11 is 0. The van der Waals surface area contributed by atoms with E-state index in [1.54, 1.807) is 36.4 Å². The number of benzene rings is 6. The van der Waals surface area contributed by atoms with E-state index < -0.39 is 229 Å². The second kappa shape index (κ2) is 59.8. The van der Waals surface area contributed by atoms with Crippen molar-refractivity contribution in [2.45, 2.75) is 262 Å². The highest BCUT2D eigenvalue weighted by atomic mass is 35.5. The lowest BCUT2D eigenvalue weighted by Gasteiger charge is -2.39. The number of rotatable bonds is 30. The van der Waals surface area contributed by atoms with Gasteiger partial charge in [-0.05, 0) is 183 Å². The van der Waals surface area contributed by atoms with Crippen molar-refractivity contribution in [1.29, 1.82) is 0 Å². The molecule has 0 radical (unpaired) electrons. The Kier molecular flexibility index (Phi) is 27.1. The molecule has 6 aromatic rings. The maximum absolute atomic E-state index is 11.4. The Bertz CT molecular complexity index is 5250. The highest BCUT2D eigenvalue weighted by Crippen LogP contribution is 2.46. The average molecular weight is 1940 g/mol. The van der Waals surface area contributed by atoms with E-state index in [2.05, 4.69) is 0 Å². The molecule has 24 heteroatoms. The number of quaternary nitrogens is 6. The topological polar surface area (TPSA) is 203 Å². The molecule has 8 unspecified atom stereocenters. The molecule has 0 aromatic heterocycles. The number of nitrogens with one attached hydrogen (secondary N) is 6. The van der Waals surface area contributed by atoms with Gasteiger partial charge in [-0.1, -0.05) is 188 Å². The molecule has 720 valence electrons. The minimum Gasteiger partial charge on any atom is -1.00 e. The first-order valence-electron chi connectivity index (χ1n) is 69.5. The van der Waals surface area contributed by atoms with E-state index >= 15 is 0 Å². The SMILES string of the molecule is [2H]C([2H])[NH+](C([2H])([2H])[2H])C([2H])([2H])C(c1ccc(OC([2H])([2H])[2H])cc1)C1(O)CCCCC1.[2H]C([2H])[NH+](C([2H])([2H])[2H])C([2H])([2H])[C@@H](c1ccc(OC([2H])([2H])[2H])cc1)C1(O)CCCCC1.[2H]C([2H])[NH+](C([2H])([2H])[2H])C([2H])([2H])[C@H](c1ccc(OC([2H])([2H])[2H])cc1)C1(O)CCCCC1.[2H]C([2H])[NH+](CC(c1ccc(OC([2H])([2H])[2H])cc1)C1(O)CCCCC1)C([2H])([2H])[2H].[2H]C([2H])[NH+](C[C@@H](c1ccc(OC([2H])([2H])[2H])cc1)C1(O)CCCCC1)C([2H])([2H])[2H].[2H]C([2H])[NH+](C[C@H](c1ccc(OC([2H])([2H])[2H])cc1)C1(O)CCCCC1)C([2H])([2H])[2H].[Cl-].[Cl-].[Cl-].[Cl-].[Cl-].[Cl-]. The molecule has 0 amide bonds. The predicted octanol–water partition coefficient (Wildman–Crippen LogP) is -8.26. The fourth-order valence-corrected chi connectivity index (χ4v) is 17.9. The standard InChI is InChI=1S/6C17H27NO2.6ClH/c6*1-18(2)13-16(17(19)11-5-4-6-12-17)14-7-9-15(20-3)10-8-14;;;;;;/h6*7-10,16,19H,4-6,11-13H2,1-3H3;6*1H/t4*16-;;;;;;;;/m1100......../s1/i1D2,2D3,3D3,13D2;1D2,2D3,3D3;1D2,2D3,3D3,13D2;1D2,2D3,3D3;1D2,2D3,3D3,13D2;1D2,2D3,3D3;;;;;;. The molecule has 18 nitrogen and oxygen atoms in total. The van der Waals surface area contributed by atoms with Crippen LogP contribution < -0.4 is 132 Å². The highest BCUT2D eigenvalue weighted by Gasteiger charge is 2.46. The highest BCUT2D eigenvalue weighted by molar-refractivity contribution is 5.37. The molecule has 0 bridgehead atoms. The van der Waals surface area contributed by atoms with Crippen LogP contribution in [0.4, 0.5) is 0 Å². The zero-order valence-corrected chi connectivity index (χ0v) is 75.6. The Morgan fingerprint density at radius 2 is 0.373 bits per heavy atom. The quantitative estimate of drug-likeness (QED) is 0.0204. The summed E-state index contributed by atoms with van der Waals surface area (Å²) in [5, 5.41) is 68.1. The maximum atomic E-state index is 11.4. The molecule has 6 fully saturated rings. The average Bonchev–Trinajstić information content (AvgIpc) is 0.741. The summed E-state index contributed by atoms with van der Waals surface area (Å²) in [6.45, 7) is -36.0. The van der Waals surface area contributed by atoms with Crippen LogP contribution >= 0.6 is 0 Å². The van der Waals surface area contributed by atoms with Crippen molar-refractivity contribution in [2.24, 2.45) is 0 Å². The summed E-state index contributed by atoms with van der Waals surface area (Å²) < 4.78 is 441. The molecule has 0 heterocycles. The Morgan fingerprint density at radius 3 is 0.508 bits per heavy atom. The van der Waals surface area contributed by atoms with Crippen molar-refractivity contribution in [2.75, 3.05) is 165 Å². The third-order valence-corrected chi connectivity index (χ3v) is 24.2. The predicted molar refractivity (Wildman–Crippen MR) is 489 cm³/mol. The summed E-state index contributed by atoms with van der Waals surface area (Å²) in [5.74, 6) is -5.31. The van der Waals surface area contributed by atoms with Gasteiger partial charge in [0.1, 0.15) is 34.5 Å². The largest absolute Gasteiger partial charge is 1.00 e. The molecule has 12 rings (SSSR count). The third kappa shape index (κ3) is 37.4. The van der Waals surface area contributed by atoms with Crippen molar-refractivity contribution in [3.63, 3.8) is 0 Å². The number of likely N-dealkylation sites (N-methyl/N-ethyl adjacent to an activating group) is 6. The van der Waals surface area contributed by atoms with Crippen molar-refractivity contribution in [3.05, 3.63) is 179 Å². The van der Waals surface area contributed by atoms with Crippen LogP contribution in [-0.4, -0.2) is 229 Å². The molecule has 0 saturated heterocycles. The van der Waals surface area contributed by atoms with E-state index in [-0.39, 0.29) is 198 Å². The first-order valence-corrected chi connectivity index (χ1v) is 41.6. The number of hydrogen-bond acceptors (Lipinski definition) is 12. The molecule has 6 aliphatic carbocycles. The molecule has 12 N–H and O–H groups in total. The van der Waals surface area contributed by atoms with E-state index in [0.29, 0.717) is 93.7 Å². The smallest absolute Gasteiger partial charge is 0.118 e. The summed E-state index contributed by atoms with van der Waals surface area (Å²) in [6, 6.07) is 35.0. The van der Waals surface area contributed by atoms with Crippen LogP contribution in [0.5, 0.6) is 34.5 Å². The molecule has 0 aliphatic heterocycles. The van der Waals surface area contributed by atoms with Gasteiger partial charge in [-0.25, -0.2) is 0 Å². The van der Waals surface area contributed by atoms with Gasteiger partial charge < -0.3 is 163 Å². The van der Waals surface area contributed by atoms with Gasteiger partial charge >= 0.3 is 0 Å². The van der Waals surface area contributed by atoms with Gasteiger partial charge in [0.25, 0.3) is 0 Å². The number of aliphatic hydroxyl groups is 6. The molecular formula is C102H168Cl6N6O12. The van der Waals surface area contributed by atoms with E-state index in [9.17, 15) is 30.6 Å². The zero-order valence-electron chi connectivity index (χ0n) is 125. The van der Waals surface area contributed by atoms with Gasteiger partial charge in [-0.3, -0.25) is 0 Å². The Morgan fingerprint density at radius 1 is 0.230 bits per heavy atom. The fraction of sp³-hybridized carbons (Fsp3) is 0.647. The molecule has 0 spiro atoms. The minimum atomic E-state index is -2.99. The van der Waals surface area contributed by atoms with Gasteiger partial charge in [-0.15, -0.1) is 0 Å². The third-order valence-electron chi connectivity index (χ3n) is 24.2. The number of ether oxygens (including phenoxy) is 6. The molecule has 12 atom stereocenters. The molecular weight excluding hydrogens is 1710 g/mol. The molecule has 6 saturated carbocycles. The van der Waals surface area contributed by atoms with Crippen LogP contribution in [0.15, 0.2) is 146 Å². The molecule has 126 heavy (non-hydrogen) atoms. The second-order valence-electron chi connectivity index (χ2n) is 32.8. The van der Waals surface area contributed by atoms with Crippen molar-refractivity contribution < 1.29 is 237 Å². The van der Waals surface area contributed by atoms with Crippen LogP contribution in [-0.2, 0) is 0 Å². The van der Waals surface area contributed by atoms with Crippen molar-refractivity contribution >= 4 is 0 Å². The van der Waals surface area contributed by atoms with Gasteiger partial charge in [0.2, 0.25) is 0 Å². The minimum absolute atomic E-state index is 0. The maximum Gasteiger partial charge on any atom is 0.118 e. The Balaban J connectivity index is 0.00000107. The summed E-state index contributed by atoms with van der Waals surface area (Å²) in [7, 11) is -15.7. The number of hydrogen-bond donors (Lipinski definition) is 12. The lowest BCUT2D eigenvalue weighted by atomic mass is 9.72. The van der Waals surface area contributed by atoms with Crippen molar-refractivity contribution in [1.82, 2.24) is 0 Å². The van der Waals surface area contributed by atoms with Crippen LogP contribution in [0.2, 0.25) is 0 Å². The monoisotopic (exact) mass is 1930 g/mol. The van der Waals surface area contributed by atoms with Crippen LogP contribution in [0.1, 0.15) is 336 Å². The van der Waals surface area contributed by atoms with Gasteiger partial charge in [0, 0.05) is 0 Å². The van der Waals surface area contributed by atoms with E-state index in [1.807, 2.05) is 0 Å². The first-order chi connectivity index (χ1) is 79.2. The van der Waals surface area contributed by atoms with Gasteiger partial charge in [0.15, 0.2) is 0 Å². The number of halogens is 6. The fourth-order valence-electron chi connectivity index (χ4n) is 17.9. The molecule has 6 aliphatic rings. The van der Waals surface area contributed by atoms with Gasteiger partial charge in [0.05, 0.1) is 308 Å². The summed E-state index contributed by atoms with van der Waals surface area (Å²) in [6.07, 6.45) is 18.9. The van der Waals surface area contributed by atoms with Crippen molar-refractivity contribution in [3.8, 4) is 34.5 Å². The van der Waals surface area contributed by atoms with Gasteiger partial charge in [-0.2, -0.15) is 0 Å². The lowest BCUT2D eigenvalue weighted by Crippen LogP contribution is -3.06. The Labute approximate surface area is 875 Å². The van der Waals surface area contributed by atoms with E-state index in [1.165, 1.54) is 109 Å². The van der Waals surface area contributed by atoms with Crippen LogP contribution in [0, 0.1) is 0 Å². The van der Waals surface area contributed by atoms with E-state index in [0.717, 1.165) is 77.0 Å². The van der Waals surface area contributed by atoms with Crippen LogP contribution in [0.25, 0.3) is 0 Å². The zero-order chi connectivity index (χ0) is 132. The Hall–Kier alpha value is -4.62. The number of methoxy groups -OCH3 is 6. The first kappa shape index (κ1) is 57.2. The van der Waals surface area contributed by atoms with Crippen LogP contribution in [0.3, 0.4) is 0 Å². The lowest BCUT2D eigenvalue weighted by molar-refractivity contribution is -0.860. The normalized spacial score (nSPS) is 28.2. The summed E-state index contributed by atoms with van der Waals surface area (Å²) in [5.41, 5.74) is -5.40. The summed E-state index contributed by atoms with van der Waals surface area (Å²) in [4.78, 5) is -3.29. The second-order valence-corrected chi connectivity index (χ2v) is 32.8. The molecule has 6 aromatic carbocycles. The van der Waals surface area contributed by atoms with E-state index in [4.69, 9.17) is 102 Å².